The van der Waals surface area contributed by atoms with E-state index in [1.54, 1.807) is 55.5 Å². The molecular formula is C18H16ClNO4. The Labute approximate surface area is 144 Å². The molecule has 5 nitrogen and oxygen atoms in total. The Morgan fingerprint density at radius 2 is 1.88 bits per heavy atom. The molecular weight excluding hydrogens is 330 g/mol. The van der Waals surface area contributed by atoms with Gasteiger partial charge >= 0.3 is 5.97 Å². The first-order valence-corrected chi connectivity index (χ1v) is 7.91. The van der Waals surface area contributed by atoms with Crippen molar-refractivity contribution in [2.45, 2.75) is 12.6 Å². The molecule has 1 atom stereocenters. The SMILES string of the molecule is CCOC(=O)CN1C(=O)c2ccccc2[C@@]1(O)c1ccc(Cl)cc1. The summed E-state index contributed by atoms with van der Waals surface area (Å²) in [4.78, 5) is 25.8. The monoisotopic (exact) mass is 345 g/mol. The Morgan fingerprint density at radius 1 is 1.21 bits per heavy atom. The van der Waals surface area contributed by atoms with Gasteiger partial charge in [0.05, 0.1) is 6.61 Å². The molecule has 6 heteroatoms. The van der Waals surface area contributed by atoms with Crippen LogP contribution in [0.25, 0.3) is 0 Å². The molecule has 2 aromatic rings. The lowest BCUT2D eigenvalue weighted by Crippen LogP contribution is -2.47. The molecule has 0 radical (unpaired) electrons. The summed E-state index contributed by atoms with van der Waals surface area (Å²) in [5.74, 6) is -0.998. The molecule has 3 rings (SSSR count). The number of hydrogen-bond acceptors (Lipinski definition) is 4. The lowest BCUT2D eigenvalue weighted by atomic mass is 9.94. The van der Waals surface area contributed by atoms with Gasteiger partial charge in [0.15, 0.2) is 5.72 Å². The Bertz CT molecular complexity index is 790. The number of amides is 1. The van der Waals surface area contributed by atoms with Gasteiger partial charge in [0.2, 0.25) is 0 Å². The summed E-state index contributed by atoms with van der Waals surface area (Å²) in [7, 11) is 0. The molecule has 1 amide bonds. The van der Waals surface area contributed by atoms with Gasteiger partial charge in [0.1, 0.15) is 6.54 Å². The third-order valence-corrected chi connectivity index (χ3v) is 4.26. The average molecular weight is 346 g/mol. The van der Waals surface area contributed by atoms with Gasteiger partial charge in [-0.3, -0.25) is 14.5 Å². The van der Waals surface area contributed by atoms with Crippen LogP contribution < -0.4 is 0 Å². The van der Waals surface area contributed by atoms with E-state index < -0.39 is 17.6 Å². The van der Waals surface area contributed by atoms with Gasteiger partial charge in [-0.25, -0.2) is 0 Å². The number of rotatable bonds is 4. The Kier molecular flexibility index (Phi) is 4.30. The zero-order chi connectivity index (χ0) is 17.3. The highest BCUT2D eigenvalue weighted by Crippen LogP contribution is 2.42. The molecule has 0 saturated heterocycles. The summed E-state index contributed by atoms with van der Waals surface area (Å²) in [5.41, 5.74) is -0.499. The van der Waals surface area contributed by atoms with Crippen LogP contribution in [0.1, 0.15) is 28.4 Å². The van der Waals surface area contributed by atoms with Gasteiger partial charge in [-0.05, 0) is 25.1 Å². The first-order valence-electron chi connectivity index (χ1n) is 7.54. The first kappa shape index (κ1) is 16.5. The number of hydrogen-bond donors (Lipinski definition) is 1. The molecule has 0 bridgehead atoms. The number of halogens is 1. The quantitative estimate of drug-likeness (QED) is 0.865. The number of carbonyl (C=O) groups is 2. The Morgan fingerprint density at radius 3 is 2.54 bits per heavy atom. The minimum atomic E-state index is -1.75. The topological polar surface area (TPSA) is 66.8 Å². The van der Waals surface area contributed by atoms with Crippen LogP contribution in [0.5, 0.6) is 0 Å². The summed E-state index contributed by atoms with van der Waals surface area (Å²) in [6, 6.07) is 13.3. The molecule has 0 saturated carbocycles. The van der Waals surface area contributed by atoms with E-state index in [2.05, 4.69) is 0 Å². The highest BCUT2D eigenvalue weighted by Gasteiger charge is 2.50. The van der Waals surface area contributed by atoms with Crippen LogP contribution in [0.4, 0.5) is 0 Å². The number of benzene rings is 2. The first-order chi connectivity index (χ1) is 11.5. The van der Waals surface area contributed by atoms with Crippen LogP contribution in [0.2, 0.25) is 5.02 Å². The molecule has 1 aliphatic heterocycles. The summed E-state index contributed by atoms with van der Waals surface area (Å²) in [6.07, 6.45) is 0. The predicted molar refractivity (Wildman–Crippen MR) is 88.6 cm³/mol. The molecule has 1 N–H and O–H groups in total. The second-order valence-electron chi connectivity index (χ2n) is 5.42. The standard InChI is InChI=1S/C18H16ClNO4/c1-2-24-16(21)11-20-17(22)14-5-3-4-6-15(14)18(20,23)12-7-9-13(19)10-8-12/h3-10,23H,2,11H2,1H3/t18-/m0/s1. The van der Waals surface area contributed by atoms with E-state index in [1.165, 1.54) is 0 Å². The molecule has 0 unspecified atom stereocenters. The lowest BCUT2D eigenvalue weighted by molar-refractivity contribution is -0.148. The zero-order valence-electron chi connectivity index (χ0n) is 13.0. The van der Waals surface area contributed by atoms with E-state index in [0.717, 1.165) is 4.90 Å². The van der Waals surface area contributed by atoms with Crippen LogP contribution >= 0.6 is 11.6 Å². The average Bonchev–Trinajstić information content (AvgIpc) is 2.79. The van der Waals surface area contributed by atoms with Gasteiger partial charge < -0.3 is 9.84 Å². The van der Waals surface area contributed by atoms with Crippen molar-refractivity contribution < 1.29 is 19.4 Å². The summed E-state index contributed by atoms with van der Waals surface area (Å²) in [5, 5.41) is 11.9. The number of aliphatic hydroxyl groups is 1. The molecule has 0 aliphatic carbocycles. The van der Waals surface area contributed by atoms with Crippen molar-refractivity contribution in [3.05, 3.63) is 70.2 Å². The van der Waals surface area contributed by atoms with E-state index in [9.17, 15) is 14.7 Å². The second-order valence-corrected chi connectivity index (χ2v) is 5.86. The minimum absolute atomic E-state index is 0.202. The van der Waals surface area contributed by atoms with E-state index in [1.807, 2.05) is 0 Å². The number of carbonyl (C=O) groups excluding carboxylic acids is 2. The van der Waals surface area contributed by atoms with E-state index in [0.29, 0.717) is 21.7 Å². The van der Waals surface area contributed by atoms with Crippen LogP contribution in [0.3, 0.4) is 0 Å². The Balaban J connectivity index is 2.11. The van der Waals surface area contributed by atoms with Crippen LogP contribution in [0.15, 0.2) is 48.5 Å². The van der Waals surface area contributed by atoms with Crippen molar-refractivity contribution in [2.24, 2.45) is 0 Å². The highest BCUT2D eigenvalue weighted by molar-refractivity contribution is 6.30. The van der Waals surface area contributed by atoms with Gasteiger partial charge in [0, 0.05) is 21.7 Å². The van der Waals surface area contributed by atoms with E-state index in [-0.39, 0.29) is 13.2 Å². The molecule has 1 aliphatic rings. The maximum absolute atomic E-state index is 12.7. The molecule has 2 aromatic carbocycles. The smallest absolute Gasteiger partial charge is 0.325 e. The van der Waals surface area contributed by atoms with E-state index in [4.69, 9.17) is 16.3 Å². The highest BCUT2D eigenvalue weighted by atomic mass is 35.5. The van der Waals surface area contributed by atoms with E-state index >= 15 is 0 Å². The van der Waals surface area contributed by atoms with Crippen LogP contribution in [-0.2, 0) is 15.3 Å². The summed E-state index contributed by atoms with van der Waals surface area (Å²) >= 11 is 5.92. The zero-order valence-corrected chi connectivity index (χ0v) is 13.8. The lowest BCUT2D eigenvalue weighted by Gasteiger charge is -2.34. The van der Waals surface area contributed by atoms with Crippen molar-refractivity contribution in [3.63, 3.8) is 0 Å². The summed E-state index contributed by atoms with van der Waals surface area (Å²) < 4.78 is 4.93. The van der Waals surface area contributed by atoms with Crippen molar-refractivity contribution in [1.29, 1.82) is 0 Å². The molecule has 1 heterocycles. The normalized spacial score (nSPS) is 19.3. The maximum Gasteiger partial charge on any atom is 0.325 e. The molecule has 124 valence electrons. The Hall–Kier alpha value is -2.37. The maximum atomic E-state index is 12.7. The van der Waals surface area contributed by atoms with Gasteiger partial charge in [-0.2, -0.15) is 0 Å². The molecule has 24 heavy (non-hydrogen) atoms. The fraction of sp³-hybridized carbons (Fsp3) is 0.222. The van der Waals surface area contributed by atoms with Gasteiger partial charge in [0.25, 0.3) is 5.91 Å². The van der Waals surface area contributed by atoms with Gasteiger partial charge in [-0.15, -0.1) is 0 Å². The van der Waals surface area contributed by atoms with Gasteiger partial charge in [-0.1, -0.05) is 41.9 Å². The van der Waals surface area contributed by atoms with Crippen molar-refractivity contribution in [2.75, 3.05) is 13.2 Å². The number of nitrogens with zero attached hydrogens (tertiary/aromatic N) is 1. The van der Waals surface area contributed by atoms with Crippen molar-refractivity contribution in [1.82, 2.24) is 4.90 Å². The second kappa shape index (κ2) is 6.26. The summed E-state index contributed by atoms with van der Waals surface area (Å²) in [6.45, 7) is 1.54. The number of fused-ring (bicyclic) bond motifs is 1. The third kappa shape index (κ3) is 2.56. The van der Waals surface area contributed by atoms with Crippen molar-refractivity contribution >= 4 is 23.5 Å². The molecule has 0 aromatic heterocycles. The molecule has 0 spiro atoms. The largest absolute Gasteiger partial charge is 0.465 e. The van der Waals surface area contributed by atoms with Crippen LogP contribution in [-0.4, -0.2) is 35.0 Å². The van der Waals surface area contributed by atoms with Crippen LogP contribution in [0, 0.1) is 0 Å². The third-order valence-electron chi connectivity index (χ3n) is 4.01. The number of ether oxygens (including phenoxy) is 1. The molecule has 0 fully saturated rings. The fourth-order valence-corrected chi connectivity index (χ4v) is 3.05. The minimum Gasteiger partial charge on any atom is -0.465 e. The fourth-order valence-electron chi connectivity index (χ4n) is 2.93. The number of esters is 1. The predicted octanol–water partition coefficient (Wildman–Crippen LogP) is 2.55. The van der Waals surface area contributed by atoms with Crippen molar-refractivity contribution in [3.8, 4) is 0 Å².